The lowest BCUT2D eigenvalue weighted by Gasteiger charge is -2.41. The van der Waals surface area contributed by atoms with Crippen LogP contribution in [0.25, 0.3) is 0 Å². The molecule has 1 aromatic carbocycles. The summed E-state index contributed by atoms with van der Waals surface area (Å²) < 4.78 is 4.60. The van der Waals surface area contributed by atoms with Crippen LogP contribution < -0.4 is 16.0 Å². The van der Waals surface area contributed by atoms with E-state index in [0.29, 0.717) is 12.2 Å². The highest BCUT2D eigenvalue weighted by molar-refractivity contribution is 14.0. The molecule has 1 saturated heterocycles. The van der Waals surface area contributed by atoms with Gasteiger partial charge in [0, 0.05) is 24.3 Å². The van der Waals surface area contributed by atoms with E-state index < -0.39 is 6.09 Å². The van der Waals surface area contributed by atoms with Crippen molar-refractivity contribution in [2.75, 3.05) is 38.6 Å². The molecule has 1 heterocycles. The van der Waals surface area contributed by atoms with Crippen molar-refractivity contribution < 1.29 is 9.53 Å². The second-order valence-corrected chi connectivity index (χ2v) is 7.72. The standard InChI is InChI=1S/C21H35N5O2.HI/c1-5-22-19(24-16-21(2,3)26-13-7-6-8-14-26)23-15-17-9-11-18(12-10-17)25-20(27)28-4;/h9-12H,5-8,13-16H2,1-4H3,(H,25,27)(H2,22,23,24);1H. The minimum absolute atomic E-state index is 0. The molecule has 1 fully saturated rings. The Bertz CT molecular complexity index is 643. The molecule has 1 aliphatic heterocycles. The zero-order valence-corrected chi connectivity index (χ0v) is 20.4. The van der Waals surface area contributed by atoms with Crippen molar-refractivity contribution >= 4 is 41.7 Å². The van der Waals surface area contributed by atoms with E-state index in [-0.39, 0.29) is 29.5 Å². The number of aliphatic imine (C=N–C) groups is 1. The third-order valence-electron chi connectivity index (χ3n) is 5.05. The number of methoxy groups -OCH3 is 1. The summed E-state index contributed by atoms with van der Waals surface area (Å²) in [6.45, 7) is 11.2. The van der Waals surface area contributed by atoms with Gasteiger partial charge in [-0.2, -0.15) is 0 Å². The van der Waals surface area contributed by atoms with Crippen LogP contribution in [0.2, 0.25) is 0 Å². The molecule has 164 valence electrons. The first kappa shape index (κ1) is 25.5. The Morgan fingerprint density at radius 1 is 1.14 bits per heavy atom. The molecule has 1 aliphatic rings. The molecule has 0 unspecified atom stereocenters. The lowest BCUT2D eigenvalue weighted by Crippen LogP contribution is -2.54. The number of hydrogen-bond donors (Lipinski definition) is 3. The van der Waals surface area contributed by atoms with Crippen molar-refractivity contribution in [2.24, 2.45) is 4.99 Å². The van der Waals surface area contributed by atoms with Gasteiger partial charge >= 0.3 is 6.09 Å². The summed E-state index contributed by atoms with van der Waals surface area (Å²) in [7, 11) is 1.35. The van der Waals surface area contributed by atoms with Crippen LogP contribution in [0.4, 0.5) is 10.5 Å². The number of amides is 1. The first-order valence-electron chi connectivity index (χ1n) is 10.2. The van der Waals surface area contributed by atoms with Gasteiger partial charge in [-0.3, -0.25) is 10.2 Å². The minimum Gasteiger partial charge on any atom is -0.453 e. The van der Waals surface area contributed by atoms with Crippen LogP contribution in [0.5, 0.6) is 0 Å². The van der Waals surface area contributed by atoms with E-state index in [1.165, 1.54) is 39.5 Å². The number of piperidine rings is 1. The molecule has 0 aliphatic carbocycles. The molecule has 1 aromatic rings. The fourth-order valence-corrected chi connectivity index (χ4v) is 3.29. The number of nitrogens with zero attached hydrogens (tertiary/aromatic N) is 2. The Balaban J connectivity index is 0.00000420. The van der Waals surface area contributed by atoms with Gasteiger partial charge in [-0.05, 0) is 64.4 Å². The van der Waals surface area contributed by atoms with E-state index in [4.69, 9.17) is 4.99 Å². The third-order valence-corrected chi connectivity index (χ3v) is 5.05. The quantitative estimate of drug-likeness (QED) is 0.292. The van der Waals surface area contributed by atoms with Gasteiger partial charge in [-0.1, -0.05) is 18.6 Å². The number of ether oxygens (including phenoxy) is 1. The second-order valence-electron chi connectivity index (χ2n) is 7.72. The van der Waals surface area contributed by atoms with Gasteiger partial charge < -0.3 is 15.4 Å². The minimum atomic E-state index is -0.472. The molecule has 0 atom stereocenters. The lowest BCUT2D eigenvalue weighted by atomic mass is 9.98. The lowest BCUT2D eigenvalue weighted by molar-refractivity contribution is 0.0982. The number of rotatable bonds is 7. The van der Waals surface area contributed by atoms with Crippen molar-refractivity contribution in [3.05, 3.63) is 29.8 Å². The number of benzene rings is 1. The Labute approximate surface area is 192 Å². The number of likely N-dealkylation sites (tertiary alicyclic amines) is 1. The molecule has 1 amide bonds. The number of guanidine groups is 1. The van der Waals surface area contributed by atoms with Crippen LogP contribution in [-0.2, 0) is 11.3 Å². The van der Waals surface area contributed by atoms with Crippen LogP contribution >= 0.6 is 24.0 Å². The molecule has 7 nitrogen and oxygen atoms in total. The maximum atomic E-state index is 11.2. The highest BCUT2D eigenvalue weighted by atomic mass is 127. The Morgan fingerprint density at radius 3 is 2.38 bits per heavy atom. The van der Waals surface area contributed by atoms with Gasteiger partial charge in [0.1, 0.15) is 0 Å². The topological polar surface area (TPSA) is 78.0 Å². The number of carbonyl (C=O) groups excluding carboxylic acids is 1. The van der Waals surface area contributed by atoms with E-state index in [1.54, 1.807) is 0 Å². The molecule has 2 rings (SSSR count). The fourth-order valence-electron chi connectivity index (χ4n) is 3.29. The summed E-state index contributed by atoms with van der Waals surface area (Å²) in [6.07, 6.45) is 3.45. The fraction of sp³-hybridized carbons (Fsp3) is 0.619. The first-order valence-corrected chi connectivity index (χ1v) is 10.2. The molecule has 0 aromatic heterocycles. The van der Waals surface area contributed by atoms with Crippen LogP contribution in [0, 0.1) is 0 Å². The molecule has 29 heavy (non-hydrogen) atoms. The van der Waals surface area contributed by atoms with Gasteiger partial charge in [0.25, 0.3) is 0 Å². The number of carbonyl (C=O) groups is 1. The summed E-state index contributed by atoms with van der Waals surface area (Å²) in [5.74, 6) is 0.823. The Hall–Kier alpha value is -1.55. The van der Waals surface area contributed by atoms with Crippen molar-refractivity contribution in [3.8, 4) is 0 Å². The van der Waals surface area contributed by atoms with E-state index in [2.05, 4.69) is 46.4 Å². The normalized spacial score (nSPS) is 15.2. The van der Waals surface area contributed by atoms with Gasteiger partial charge in [-0.25, -0.2) is 9.79 Å². The maximum Gasteiger partial charge on any atom is 0.411 e. The third kappa shape index (κ3) is 8.77. The van der Waals surface area contributed by atoms with Crippen LogP contribution in [-0.4, -0.2) is 55.8 Å². The van der Waals surface area contributed by atoms with Crippen LogP contribution in [0.15, 0.2) is 29.3 Å². The molecule has 0 radical (unpaired) electrons. The smallest absolute Gasteiger partial charge is 0.411 e. The monoisotopic (exact) mass is 517 g/mol. The molecule has 0 saturated carbocycles. The number of anilines is 1. The summed E-state index contributed by atoms with van der Waals surface area (Å²) in [5, 5.41) is 9.46. The molecule has 0 bridgehead atoms. The van der Waals surface area contributed by atoms with Crippen molar-refractivity contribution in [1.29, 1.82) is 0 Å². The summed E-state index contributed by atoms with van der Waals surface area (Å²) in [4.78, 5) is 18.5. The zero-order valence-electron chi connectivity index (χ0n) is 18.1. The molecule has 3 N–H and O–H groups in total. The van der Waals surface area contributed by atoms with Crippen LogP contribution in [0.1, 0.15) is 45.6 Å². The molecule has 8 heteroatoms. The van der Waals surface area contributed by atoms with E-state index in [1.807, 2.05) is 24.3 Å². The predicted molar refractivity (Wildman–Crippen MR) is 130 cm³/mol. The van der Waals surface area contributed by atoms with Crippen molar-refractivity contribution in [2.45, 2.75) is 52.1 Å². The number of hydrogen-bond acceptors (Lipinski definition) is 4. The van der Waals surface area contributed by atoms with E-state index >= 15 is 0 Å². The van der Waals surface area contributed by atoms with Gasteiger partial charge in [0.2, 0.25) is 0 Å². The second kappa shape index (κ2) is 12.9. The largest absolute Gasteiger partial charge is 0.453 e. The van der Waals surface area contributed by atoms with Crippen LogP contribution in [0.3, 0.4) is 0 Å². The molecular formula is C21H36IN5O2. The van der Waals surface area contributed by atoms with Gasteiger partial charge in [-0.15, -0.1) is 24.0 Å². The number of nitrogens with one attached hydrogen (secondary N) is 3. The summed E-state index contributed by atoms with van der Waals surface area (Å²) >= 11 is 0. The van der Waals surface area contributed by atoms with E-state index in [9.17, 15) is 4.79 Å². The predicted octanol–water partition coefficient (Wildman–Crippen LogP) is 3.80. The summed E-state index contributed by atoms with van der Waals surface area (Å²) in [6, 6.07) is 7.61. The van der Waals surface area contributed by atoms with Crippen molar-refractivity contribution in [1.82, 2.24) is 15.5 Å². The first-order chi connectivity index (χ1) is 13.4. The highest BCUT2D eigenvalue weighted by Crippen LogP contribution is 2.19. The number of halogens is 1. The average Bonchev–Trinajstić information content (AvgIpc) is 2.71. The van der Waals surface area contributed by atoms with Crippen molar-refractivity contribution in [3.63, 3.8) is 0 Å². The van der Waals surface area contributed by atoms with Gasteiger partial charge in [0.05, 0.1) is 13.7 Å². The Kier molecular flexibility index (Phi) is 11.3. The van der Waals surface area contributed by atoms with Gasteiger partial charge in [0.15, 0.2) is 5.96 Å². The van der Waals surface area contributed by atoms with E-state index in [0.717, 1.165) is 24.6 Å². The highest BCUT2D eigenvalue weighted by Gasteiger charge is 2.27. The SMILES string of the molecule is CCNC(=NCc1ccc(NC(=O)OC)cc1)NCC(C)(C)N1CCCCC1.I. The average molecular weight is 517 g/mol. The summed E-state index contributed by atoms with van der Waals surface area (Å²) in [5.41, 5.74) is 1.87. The molecular weight excluding hydrogens is 481 g/mol. The molecule has 0 spiro atoms. The Morgan fingerprint density at radius 2 is 1.79 bits per heavy atom. The maximum absolute atomic E-state index is 11.2. The zero-order chi connectivity index (χ0) is 20.4.